The Morgan fingerprint density at radius 2 is 1.68 bits per heavy atom. The topological polar surface area (TPSA) is 58.6 Å². The summed E-state index contributed by atoms with van der Waals surface area (Å²) in [4.78, 5) is 28.3. The predicted octanol–water partition coefficient (Wildman–Crippen LogP) is 4.61. The molecule has 2 saturated heterocycles. The Labute approximate surface area is 201 Å². The molecule has 34 heavy (non-hydrogen) atoms. The summed E-state index contributed by atoms with van der Waals surface area (Å²) in [6.45, 7) is 3.78. The van der Waals surface area contributed by atoms with Crippen LogP contribution in [0.1, 0.15) is 43.2 Å². The van der Waals surface area contributed by atoms with E-state index in [2.05, 4.69) is 41.7 Å². The number of amides is 2. The molecule has 0 radical (unpaired) electrons. The highest BCUT2D eigenvalue weighted by Crippen LogP contribution is 2.49. The Bertz CT molecular complexity index is 1190. The fourth-order valence-corrected chi connectivity index (χ4v) is 6.03. The average Bonchev–Trinajstić information content (AvgIpc) is 2.88. The molecule has 176 valence electrons. The van der Waals surface area contributed by atoms with Gasteiger partial charge in [0.1, 0.15) is 0 Å². The SMILES string of the molecule is CO[C@@](C)(C(=O)N1CCC2(CC1)CC(=O)NC[C@H]2c1ccccc1)c1cccc2ccccc12. The van der Waals surface area contributed by atoms with Crippen molar-refractivity contribution in [1.82, 2.24) is 10.2 Å². The number of nitrogens with one attached hydrogen (secondary N) is 1. The second-order valence-corrected chi connectivity index (χ2v) is 9.86. The number of piperidine rings is 2. The number of nitrogens with zero attached hydrogens (tertiary/aromatic N) is 1. The maximum Gasteiger partial charge on any atom is 0.259 e. The number of hydrogen-bond donors (Lipinski definition) is 1. The molecule has 0 unspecified atom stereocenters. The standard InChI is InChI=1S/C29H32N2O3/c1-28(34-2,24-14-8-12-21-9-6-7-13-23(21)24)27(33)31-17-15-29(16-18-31)19-26(32)30-20-25(29)22-10-4-3-5-11-22/h3-14,25H,15-20H2,1-2H3,(H,30,32)/t25-,28+/m0/s1. The average molecular weight is 457 g/mol. The number of benzene rings is 3. The quantitative estimate of drug-likeness (QED) is 0.624. The molecule has 2 amide bonds. The number of methoxy groups -OCH3 is 1. The van der Waals surface area contributed by atoms with Crippen LogP contribution < -0.4 is 5.32 Å². The lowest BCUT2D eigenvalue weighted by molar-refractivity contribution is -0.157. The molecule has 2 heterocycles. The van der Waals surface area contributed by atoms with E-state index in [9.17, 15) is 9.59 Å². The van der Waals surface area contributed by atoms with Crippen LogP contribution in [0.3, 0.4) is 0 Å². The van der Waals surface area contributed by atoms with Crippen LogP contribution in [-0.2, 0) is 19.9 Å². The number of carbonyl (C=O) groups excluding carboxylic acids is 2. The zero-order valence-corrected chi connectivity index (χ0v) is 19.9. The smallest absolute Gasteiger partial charge is 0.259 e. The summed E-state index contributed by atoms with van der Waals surface area (Å²) < 4.78 is 5.94. The highest BCUT2D eigenvalue weighted by Gasteiger charge is 2.49. The van der Waals surface area contributed by atoms with Crippen molar-refractivity contribution in [2.75, 3.05) is 26.7 Å². The summed E-state index contributed by atoms with van der Waals surface area (Å²) in [5.74, 6) is 0.359. The minimum Gasteiger partial charge on any atom is -0.364 e. The van der Waals surface area contributed by atoms with Crippen LogP contribution in [0.5, 0.6) is 0 Å². The van der Waals surface area contributed by atoms with Crippen LogP contribution in [-0.4, -0.2) is 43.5 Å². The highest BCUT2D eigenvalue weighted by molar-refractivity contribution is 5.94. The summed E-state index contributed by atoms with van der Waals surface area (Å²) in [5, 5.41) is 5.19. The third-order valence-corrected chi connectivity index (χ3v) is 8.12. The normalized spacial score (nSPS) is 21.8. The summed E-state index contributed by atoms with van der Waals surface area (Å²) >= 11 is 0. The van der Waals surface area contributed by atoms with Crippen molar-refractivity contribution < 1.29 is 14.3 Å². The van der Waals surface area contributed by atoms with Gasteiger partial charge in [0.05, 0.1) is 0 Å². The first-order valence-corrected chi connectivity index (χ1v) is 12.1. The van der Waals surface area contributed by atoms with Crippen LogP contribution in [0.4, 0.5) is 0 Å². The van der Waals surface area contributed by atoms with Gasteiger partial charge in [-0.1, -0.05) is 72.8 Å². The van der Waals surface area contributed by atoms with Gasteiger partial charge in [-0.25, -0.2) is 0 Å². The molecule has 1 N–H and O–H groups in total. The lowest BCUT2D eigenvalue weighted by Crippen LogP contribution is -2.55. The van der Waals surface area contributed by atoms with Gasteiger partial charge in [0, 0.05) is 44.6 Å². The third-order valence-electron chi connectivity index (χ3n) is 8.12. The lowest BCUT2D eigenvalue weighted by Gasteiger charge is -2.50. The second kappa shape index (κ2) is 8.88. The maximum absolute atomic E-state index is 13.9. The van der Waals surface area contributed by atoms with Crippen LogP contribution in [0.15, 0.2) is 72.8 Å². The van der Waals surface area contributed by atoms with E-state index in [-0.39, 0.29) is 23.1 Å². The molecule has 2 fully saturated rings. The molecule has 3 aromatic rings. The Kier molecular flexibility index (Phi) is 5.90. The van der Waals surface area contributed by atoms with Gasteiger partial charge >= 0.3 is 0 Å². The van der Waals surface area contributed by atoms with Crippen molar-refractivity contribution in [2.45, 2.75) is 37.7 Å². The molecule has 0 bridgehead atoms. The van der Waals surface area contributed by atoms with E-state index in [0.717, 1.165) is 29.2 Å². The minimum absolute atomic E-state index is 0.0160. The molecule has 1 spiro atoms. The van der Waals surface area contributed by atoms with Gasteiger partial charge in [0.25, 0.3) is 5.91 Å². The first kappa shape index (κ1) is 22.6. The van der Waals surface area contributed by atoms with E-state index in [4.69, 9.17) is 4.74 Å². The lowest BCUT2D eigenvalue weighted by atomic mass is 9.62. The van der Waals surface area contributed by atoms with Gasteiger partial charge < -0.3 is 15.0 Å². The van der Waals surface area contributed by atoms with E-state index < -0.39 is 5.60 Å². The van der Waals surface area contributed by atoms with Gasteiger partial charge in [-0.15, -0.1) is 0 Å². The summed E-state index contributed by atoms with van der Waals surface area (Å²) in [5.41, 5.74) is 0.953. The van der Waals surface area contributed by atoms with Crippen molar-refractivity contribution in [3.8, 4) is 0 Å². The molecule has 5 rings (SSSR count). The molecule has 5 nitrogen and oxygen atoms in total. The van der Waals surface area contributed by atoms with E-state index in [1.807, 2.05) is 48.2 Å². The van der Waals surface area contributed by atoms with Crippen LogP contribution in [0.25, 0.3) is 10.8 Å². The fourth-order valence-electron chi connectivity index (χ4n) is 6.03. The van der Waals surface area contributed by atoms with Crippen molar-refractivity contribution >= 4 is 22.6 Å². The molecular weight excluding hydrogens is 424 g/mol. The highest BCUT2D eigenvalue weighted by atomic mass is 16.5. The number of ether oxygens (including phenoxy) is 1. The Morgan fingerprint density at radius 1 is 1.00 bits per heavy atom. The van der Waals surface area contributed by atoms with E-state index in [1.165, 1.54) is 5.56 Å². The number of likely N-dealkylation sites (tertiary alicyclic amines) is 1. The van der Waals surface area contributed by atoms with Gasteiger partial charge in [0.2, 0.25) is 5.91 Å². The second-order valence-electron chi connectivity index (χ2n) is 9.86. The van der Waals surface area contributed by atoms with Crippen molar-refractivity contribution in [2.24, 2.45) is 5.41 Å². The van der Waals surface area contributed by atoms with Crippen molar-refractivity contribution in [3.63, 3.8) is 0 Å². The van der Waals surface area contributed by atoms with Gasteiger partial charge in [-0.3, -0.25) is 9.59 Å². The summed E-state index contributed by atoms with van der Waals surface area (Å²) in [6, 6.07) is 24.6. The number of rotatable bonds is 4. The Balaban J connectivity index is 1.41. The molecule has 0 saturated carbocycles. The zero-order chi connectivity index (χ0) is 23.8. The minimum atomic E-state index is -1.08. The van der Waals surface area contributed by atoms with Crippen LogP contribution in [0, 0.1) is 5.41 Å². The Morgan fingerprint density at radius 3 is 2.41 bits per heavy atom. The summed E-state index contributed by atoms with van der Waals surface area (Å²) in [7, 11) is 1.61. The number of hydrogen-bond acceptors (Lipinski definition) is 3. The van der Waals surface area contributed by atoms with E-state index >= 15 is 0 Å². The van der Waals surface area contributed by atoms with Crippen LogP contribution >= 0.6 is 0 Å². The summed E-state index contributed by atoms with van der Waals surface area (Å²) in [6.07, 6.45) is 2.13. The zero-order valence-electron chi connectivity index (χ0n) is 19.9. The largest absolute Gasteiger partial charge is 0.364 e. The number of fused-ring (bicyclic) bond motifs is 1. The number of carbonyl (C=O) groups is 2. The molecule has 2 aliphatic rings. The molecule has 0 aliphatic carbocycles. The molecule has 2 atom stereocenters. The first-order chi connectivity index (χ1) is 16.5. The van der Waals surface area contributed by atoms with E-state index in [0.29, 0.717) is 26.1 Å². The van der Waals surface area contributed by atoms with Gasteiger partial charge in [-0.2, -0.15) is 0 Å². The third kappa shape index (κ3) is 3.78. The van der Waals surface area contributed by atoms with Gasteiger partial charge in [-0.05, 0) is 41.5 Å². The first-order valence-electron chi connectivity index (χ1n) is 12.1. The molecular formula is C29H32N2O3. The monoisotopic (exact) mass is 456 g/mol. The fraction of sp³-hybridized carbons (Fsp3) is 0.379. The maximum atomic E-state index is 13.9. The van der Waals surface area contributed by atoms with Gasteiger partial charge in [0.15, 0.2) is 5.60 Å². The Hall–Kier alpha value is -3.18. The molecule has 2 aliphatic heterocycles. The van der Waals surface area contributed by atoms with Crippen molar-refractivity contribution in [1.29, 1.82) is 0 Å². The molecule has 0 aromatic heterocycles. The van der Waals surface area contributed by atoms with Crippen LogP contribution in [0.2, 0.25) is 0 Å². The molecule has 5 heteroatoms. The van der Waals surface area contributed by atoms with E-state index in [1.54, 1.807) is 7.11 Å². The van der Waals surface area contributed by atoms with Crippen molar-refractivity contribution in [3.05, 3.63) is 83.9 Å². The molecule has 3 aromatic carbocycles. The predicted molar refractivity (Wildman–Crippen MR) is 133 cm³/mol.